The first kappa shape index (κ1) is 34.9. The van der Waals surface area contributed by atoms with E-state index in [4.69, 9.17) is 42.6 Å². The number of fused-ring (bicyclic) bond motifs is 6. The second-order valence-corrected chi connectivity index (χ2v) is 12.9. The van der Waals surface area contributed by atoms with Crippen molar-refractivity contribution in [1.82, 2.24) is 0 Å². The fourth-order valence-electron chi connectivity index (χ4n) is 6.88. The summed E-state index contributed by atoms with van der Waals surface area (Å²) in [5.74, 6) is 1.67. The number of hydrogen-bond donors (Lipinski definition) is 6. The number of carbonyl (C=O) groups excluding carboxylic acids is 1. The highest BCUT2D eigenvalue weighted by Gasteiger charge is 2.48. The Morgan fingerprint density at radius 2 is 1.60 bits per heavy atom. The normalized spacial score (nSPS) is 35.7. The van der Waals surface area contributed by atoms with Crippen LogP contribution in [0, 0.1) is 0 Å². The summed E-state index contributed by atoms with van der Waals surface area (Å²) in [6.07, 6.45) is -14.1. The number of aliphatic hydroxyl groups excluding tert-OH is 6. The molecule has 0 saturated carbocycles. The summed E-state index contributed by atoms with van der Waals surface area (Å²) in [4.78, 5) is 13.9. The van der Waals surface area contributed by atoms with Crippen LogP contribution in [0.5, 0.6) is 28.7 Å². The zero-order chi connectivity index (χ0) is 35.4. The lowest BCUT2D eigenvalue weighted by molar-refractivity contribution is -0.319. The van der Waals surface area contributed by atoms with E-state index in [0.29, 0.717) is 57.4 Å². The van der Waals surface area contributed by atoms with Crippen LogP contribution in [0.25, 0.3) is 0 Å². The lowest BCUT2D eigenvalue weighted by Crippen LogP contribution is -2.60. The Hall–Kier alpha value is -3.55. The molecular formula is C34H40O16. The summed E-state index contributed by atoms with van der Waals surface area (Å²) in [6, 6.07) is 6.82. The van der Waals surface area contributed by atoms with Crippen molar-refractivity contribution in [3.63, 3.8) is 0 Å². The average Bonchev–Trinajstić information content (AvgIpc) is 3.57. The third-order valence-corrected chi connectivity index (χ3v) is 9.76. The Kier molecular flexibility index (Phi) is 9.68. The number of hydrogen-bond acceptors (Lipinski definition) is 16. The van der Waals surface area contributed by atoms with Crippen molar-refractivity contribution in [2.24, 2.45) is 0 Å². The van der Waals surface area contributed by atoms with Gasteiger partial charge >= 0.3 is 0 Å². The van der Waals surface area contributed by atoms with Crippen LogP contribution >= 0.6 is 0 Å². The van der Waals surface area contributed by atoms with Crippen LogP contribution in [0.15, 0.2) is 36.4 Å². The van der Waals surface area contributed by atoms with Crippen LogP contribution in [-0.4, -0.2) is 145 Å². The zero-order valence-corrected chi connectivity index (χ0v) is 27.2. The molecule has 0 spiro atoms. The first-order valence-electron chi connectivity index (χ1n) is 16.2. The Labute approximate surface area is 286 Å². The summed E-state index contributed by atoms with van der Waals surface area (Å²) < 4.78 is 51.5. The van der Waals surface area contributed by atoms with Crippen molar-refractivity contribution < 1.29 is 78.1 Å². The Morgan fingerprint density at radius 1 is 0.860 bits per heavy atom. The monoisotopic (exact) mass is 704 g/mol. The lowest BCUT2D eigenvalue weighted by Gasteiger charge is -2.41. The van der Waals surface area contributed by atoms with Crippen LogP contribution < -0.4 is 23.7 Å². The number of ether oxygens (including phenoxy) is 9. The van der Waals surface area contributed by atoms with E-state index in [2.05, 4.69) is 6.58 Å². The Morgan fingerprint density at radius 3 is 2.36 bits per heavy atom. The molecule has 12 atom stereocenters. The van der Waals surface area contributed by atoms with E-state index < -0.39 is 80.0 Å². The molecular weight excluding hydrogens is 664 g/mol. The molecule has 0 amide bonds. The maximum atomic E-state index is 13.9. The number of benzene rings is 2. The van der Waals surface area contributed by atoms with Crippen LogP contribution in [0.4, 0.5) is 0 Å². The number of methoxy groups -OCH3 is 2. The van der Waals surface area contributed by atoms with Crippen LogP contribution in [0.3, 0.4) is 0 Å². The molecule has 0 bridgehead atoms. The predicted molar refractivity (Wildman–Crippen MR) is 167 cm³/mol. The Balaban J connectivity index is 0.993. The van der Waals surface area contributed by atoms with Crippen molar-refractivity contribution in [2.75, 3.05) is 40.6 Å². The van der Waals surface area contributed by atoms with Gasteiger partial charge in [-0.15, -0.1) is 0 Å². The number of carbonyl (C=O) groups is 1. The molecule has 0 aliphatic carbocycles. The molecule has 0 aromatic heterocycles. The standard InChI is InChI=1S/C34H40O16/c1-13(9-45-34-31(41)29(39)28(38)24(50-34)12-47-33-30(40)27(37)17(35)10-46-33)19-7-16-18(48-19)5-4-14-26(36)25-15-6-21(42-2)22(43-3)8-20(15)44-11-23(25)49-32(14)16/h4-6,8,17,19,23-25,27-31,33-35,37-41H,1,7,9-12H2,2-3H3/t17-,19-,23?,24-,25?,27-,28+,29-,30+,31+,33-,34+/m0/s1. The van der Waals surface area contributed by atoms with Crippen molar-refractivity contribution in [1.29, 1.82) is 0 Å². The van der Waals surface area contributed by atoms with E-state index in [0.717, 1.165) is 0 Å². The quantitative estimate of drug-likeness (QED) is 0.172. The molecule has 16 nitrogen and oxygen atoms in total. The molecule has 2 saturated heterocycles. The third-order valence-electron chi connectivity index (χ3n) is 9.76. The van der Waals surface area contributed by atoms with Gasteiger partial charge in [0.25, 0.3) is 0 Å². The van der Waals surface area contributed by atoms with Gasteiger partial charge < -0.3 is 73.3 Å². The molecule has 5 aliphatic rings. The SMILES string of the molecule is C=C(CO[C@@H]1O[C@@H](CO[C@@H]2OC[C@H](O)[C@H](O)[C@H]2O)[C@@H](O)[C@H](O)[C@H]1O)[C@@H]1Cc2c(ccc3c2OC2COc4cc(OC)c(OC)cc4C2C3=O)O1. The van der Waals surface area contributed by atoms with Crippen molar-refractivity contribution >= 4 is 5.78 Å². The van der Waals surface area contributed by atoms with Crippen molar-refractivity contribution in [3.8, 4) is 28.7 Å². The molecule has 0 radical (unpaired) electrons. The summed E-state index contributed by atoms with van der Waals surface area (Å²) >= 11 is 0. The van der Waals surface area contributed by atoms with Crippen LogP contribution in [-0.2, 0) is 25.4 Å². The van der Waals surface area contributed by atoms with Gasteiger partial charge in [-0.05, 0) is 23.8 Å². The van der Waals surface area contributed by atoms with Gasteiger partial charge in [-0.1, -0.05) is 6.58 Å². The molecule has 6 N–H and O–H groups in total. The molecule has 7 rings (SSSR count). The summed E-state index contributed by atoms with van der Waals surface area (Å²) in [6.45, 7) is 3.35. The lowest BCUT2D eigenvalue weighted by atomic mass is 9.81. The second-order valence-electron chi connectivity index (χ2n) is 12.9. The number of aliphatic hydroxyl groups is 6. The fourth-order valence-corrected chi connectivity index (χ4v) is 6.88. The molecule has 5 heterocycles. The van der Waals surface area contributed by atoms with E-state index in [-0.39, 0.29) is 25.6 Å². The second kappa shape index (κ2) is 13.9. The van der Waals surface area contributed by atoms with E-state index >= 15 is 0 Å². The highest BCUT2D eigenvalue weighted by Crippen LogP contribution is 2.50. The molecule has 272 valence electrons. The third kappa shape index (κ3) is 6.08. The Bertz CT molecular complexity index is 1610. The van der Waals surface area contributed by atoms with E-state index in [9.17, 15) is 35.4 Å². The van der Waals surface area contributed by atoms with Crippen molar-refractivity contribution in [3.05, 3.63) is 53.1 Å². The highest BCUT2D eigenvalue weighted by atomic mass is 16.7. The molecule has 2 aromatic carbocycles. The number of Topliss-reactive ketones (excluding diaryl/α,β-unsaturated/α-hetero) is 1. The van der Waals surface area contributed by atoms with Gasteiger partial charge in [-0.3, -0.25) is 4.79 Å². The minimum atomic E-state index is -1.67. The van der Waals surface area contributed by atoms with Gasteiger partial charge in [0, 0.05) is 23.6 Å². The van der Waals surface area contributed by atoms with Gasteiger partial charge in [-0.2, -0.15) is 0 Å². The minimum absolute atomic E-state index is 0.123. The zero-order valence-electron chi connectivity index (χ0n) is 27.2. The van der Waals surface area contributed by atoms with Gasteiger partial charge in [0.2, 0.25) is 0 Å². The molecule has 50 heavy (non-hydrogen) atoms. The predicted octanol–water partition coefficient (Wildman–Crippen LogP) is -1.04. The maximum Gasteiger partial charge on any atom is 0.187 e. The number of rotatable bonds is 9. The fraction of sp³-hybridized carbons (Fsp3) is 0.559. The first-order valence-corrected chi connectivity index (χ1v) is 16.2. The van der Waals surface area contributed by atoms with Crippen molar-refractivity contribution in [2.45, 2.75) is 79.9 Å². The summed E-state index contributed by atoms with van der Waals surface area (Å²) in [5, 5.41) is 61.2. The van der Waals surface area contributed by atoms with E-state index in [1.807, 2.05) is 0 Å². The highest BCUT2D eigenvalue weighted by molar-refractivity contribution is 6.06. The van der Waals surface area contributed by atoms with Gasteiger partial charge in [0.05, 0.1) is 45.5 Å². The molecule has 16 heteroatoms. The molecule has 2 unspecified atom stereocenters. The van der Waals surface area contributed by atoms with Gasteiger partial charge in [0.1, 0.15) is 78.8 Å². The molecule has 2 fully saturated rings. The average molecular weight is 705 g/mol. The van der Waals surface area contributed by atoms with Gasteiger partial charge in [-0.25, -0.2) is 0 Å². The van der Waals surface area contributed by atoms with E-state index in [1.54, 1.807) is 24.3 Å². The van der Waals surface area contributed by atoms with Crippen LogP contribution in [0.2, 0.25) is 0 Å². The first-order chi connectivity index (χ1) is 24.0. The topological polar surface area (TPSA) is 222 Å². The minimum Gasteiger partial charge on any atom is -0.493 e. The smallest absolute Gasteiger partial charge is 0.187 e. The molecule has 5 aliphatic heterocycles. The number of ketones is 1. The maximum absolute atomic E-state index is 13.9. The van der Waals surface area contributed by atoms with Crippen LogP contribution in [0.1, 0.15) is 27.4 Å². The van der Waals surface area contributed by atoms with Gasteiger partial charge in [0.15, 0.2) is 29.9 Å². The largest absolute Gasteiger partial charge is 0.493 e. The summed E-state index contributed by atoms with van der Waals surface area (Å²) in [5.41, 5.74) is 2.20. The van der Waals surface area contributed by atoms with E-state index in [1.165, 1.54) is 14.2 Å². The summed E-state index contributed by atoms with van der Waals surface area (Å²) in [7, 11) is 3.04. The molecule has 2 aromatic rings.